The van der Waals surface area contributed by atoms with Gasteiger partial charge in [0, 0.05) is 25.7 Å². The summed E-state index contributed by atoms with van der Waals surface area (Å²) in [7, 11) is 0. The molecule has 29 heavy (non-hydrogen) atoms. The van der Waals surface area contributed by atoms with E-state index in [2.05, 4.69) is 45.9 Å². The summed E-state index contributed by atoms with van der Waals surface area (Å²) >= 11 is 0. The van der Waals surface area contributed by atoms with E-state index in [1.165, 1.54) is 16.3 Å². The summed E-state index contributed by atoms with van der Waals surface area (Å²) in [5, 5.41) is 8.10. The fraction of sp³-hybridized carbons (Fsp3) is 0.478. The van der Waals surface area contributed by atoms with Crippen LogP contribution in [0.3, 0.4) is 0 Å². The van der Waals surface area contributed by atoms with Crippen molar-refractivity contribution >= 4 is 22.6 Å². The van der Waals surface area contributed by atoms with Crippen LogP contribution in [0, 0.1) is 0 Å². The Balaban J connectivity index is 1.50. The lowest BCUT2D eigenvalue weighted by Crippen LogP contribution is -2.48. The first-order chi connectivity index (χ1) is 14.2. The van der Waals surface area contributed by atoms with Gasteiger partial charge in [0.05, 0.1) is 19.3 Å². The van der Waals surface area contributed by atoms with Crippen molar-refractivity contribution in [3.8, 4) is 0 Å². The second-order valence-electron chi connectivity index (χ2n) is 7.90. The Morgan fingerprint density at radius 2 is 1.72 bits per heavy atom. The molecule has 2 aromatic carbocycles. The van der Waals surface area contributed by atoms with Gasteiger partial charge in [-0.2, -0.15) is 0 Å². The number of carbonyl (C=O) groups is 2. The maximum absolute atomic E-state index is 12.4. The number of hydrogen-bond acceptors (Lipinski definition) is 4. The molecule has 6 heteroatoms. The molecule has 2 aliphatic rings. The van der Waals surface area contributed by atoms with E-state index in [1.807, 2.05) is 12.1 Å². The Labute approximate surface area is 171 Å². The lowest BCUT2D eigenvalue weighted by Gasteiger charge is -2.35. The normalized spacial score (nSPS) is 19.2. The monoisotopic (exact) mass is 395 g/mol. The van der Waals surface area contributed by atoms with Crippen molar-refractivity contribution in [1.29, 1.82) is 0 Å². The standard InChI is InChI=1S/C23H29N3O3/c27-22(23(28)25-18-8-2-3-9-18)24-16-21(26-12-14-29-15-13-26)20-11-5-7-17-6-1-4-10-19(17)20/h1,4-7,10-11,18,21H,2-3,8-9,12-16H2,(H,24,27)(H,25,28)/t21-/m0/s1. The van der Waals surface area contributed by atoms with Gasteiger partial charge in [-0.05, 0) is 29.2 Å². The number of fused-ring (bicyclic) bond motifs is 1. The van der Waals surface area contributed by atoms with Crippen molar-refractivity contribution in [3.63, 3.8) is 0 Å². The van der Waals surface area contributed by atoms with Gasteiger partial charge in [0.25, 0.3) is 0 Å². The van der Waals surface area contributed by atoms with Crippen LogP contribution in [0.1, 0.15) is 37.3 Å². The number of nitrogens with one attached hydrogen (secondary N) is 2. The Hall–Kier alpha value is -2.44. The van der Waals surface area contributed by atoms with Crippen molar-refractivity contribution in [2.24, 2.45) is 0 Å². The number of amides is 2. The average molecular weight is 396 g/mol. The zero-order chi connectivity index (χ0) is 20.1. The van der Waals surface area contributed by atoms with Crippen LogP contribution < -0.4 is 10.6 Å². The predicted molar refractivity (Wildman–Crippen MR) is 112 cm³/mol. The number of carbonyl (C=O) groups excluding carboxylic acids is 2. The highest BCUT2D eigenvalue weighted by molar-refractivity contribution is 6.35. The number of rotatable bonds is 5. The first-order valence-corrected chi connectivity index (χ1v) is 10.6. The lowest BCUT2D eigenvalue weighted by atomic mass is 9.97. The van der Waals surface area contributed by atoms with Crippen LogP contribution in [0.15, 0.2) is 42.5 Å². The van der Waals surface area contributed by atoms with Crippen LogP contribution in [0.2, 0.25) is 0 Å². The average Bonchev–Trinajstić information content (AvgIpc) is 3.27. The fourth-order valence-electron chi connectivity index (χ4n) is 4.46. The minimum absolute atomic E-state index is 0.00627. The van der Waals surface area contributed by atoms with E-state index in [4.69, 9.17) is 4.74 Å². The van der Waals surface area contributed by atoms with E-state index >= 15 is 0 Å². The number of ether oxygens (including phenoxy) is 1. The minimum atomic E-state index is -0.546. The van der Waals surface area contributed by atoms with Crippen molar-refractivity contribution < 1.29 is 14.3 Å². The molecule has 1 atom stereocenters. The minimum Gasteiger partial charge on any atom is -0.379 e. The van der Waals surface area contributed by atoms with Gasteiger partial charge in [-0.15, -0.1) is 0 Å². The molecule has 1 aliphatic carbocycles. The zero-order valence-electron chi connectivity index (χ0n) is 16.7. The van der Waals surface area contributed by atoms with Crippen LogP contribution >= 0.6 is 0 Å². The lowest BCUT2D eigenvalue weighted by molar-refractivity contribution is -0.139. The molecule has 154 valence electrons. The van der Waals surface area contributed by atoms with Crippen molar-refractivity contribution in [3.05, 3.63) is 48.0 Å². The van der Waals surface area contributed by atoms with Crippen LogP contribution in [-0.4, -0.2) is 55.6 Å². The molecule has 0 radical (unpaired) electrons. The van der Waals surface area contributed by atoms with E-state index < -0.39 is 11.8 Å². The first kappa shape index (κ1) is 19.9. The summed E-state index contributed by atoms with van der Waals surface area (Å²) in [6, 6.07) is 14.7. The second-order valence-corrected chi connectivity index (χ2v) is 7.90. The Bertz CT molecular complexity index is 852. The third-order valence-corrected chi connectivity index (χ3v) is 6.02. The highest BCUT2D eigenvalue weighted by atomic mass is 16.5. The van der Waals surface area contributed by atoms with Gasteiger partial charge in [0.15, 0.2) is 0 Å². The summed E-state index contributed by atoms with van der Waals surface area (Å²) in [6.45, 7) is 3.36. The molecule has 1 heterocycles. The molecule has 1 saturated carbocycles. The molecule has 6 nitrogen and oxygen atoms in total. The maximum atomic E-state index is 12.4. The summed E-state index contributed by atoms with van der Waals surface area (Å²) in [5.74, 6) is -1.06. The summed E-state index contributed by atoms with van der Waals surface area (Å²) < 4.78 is 5.52. The summed E-state index contributed by atoms with van der Waals surface area (Å²) in [6.07, 6.45) is 4.16. The Morgan fingerprint density at radius 3 is 2.52 bits per heavy atom. The highest BCUT2D eigenvalue weighted by Gasteiger charge is 2.26. The van der Waals surface area contributed by atoms with E-state index in [9.17, 15) is 9.59 Å². The maximum Gasteiger partial charge on any atom is 0.309 e. The van der Waals surface area contributed by atoms with E-state index in [-0.39, 0.29) is 12.1 Å². The van der Waals surface area contributed by atoms with Gasteiger partial charge >= 0.3 is 11.8 Å². The van der Waals surface area contributed by atoms with E-state index in [1.54, 1.807) is 0 Å². The highest BCUT2D eigenvalue weighted by Crippen LogP contribution is 2.28. The number of hydrogen-bond donors (Lipinski definition) is 2. The van der Waals surface area contributed by atoms with Gasteiger partial charge in [0.2, 0.25) is 0 Å². The third-order valence-electron chi connectivity index (χ3n) is 6.02. The van der Waals surface area contributed by atoms with Gasteiger partial charge in [-0.3, -0.25) is 14.5 Å². The van der Waals surface area contributed by atoms with Crippen molar-refractivity contribution in [2.75, 3.05) is 32.8 Å². The molecule has 0 bridgehead atoms. The molecular formula is C23H29N3O3. The molecule has 0 spiro atoms. The summed E-state index contributed by atoms with van der Waals surface area (Å²) in [4.78, 5) is 27.1. The van der Waals surface area contributed by atoms with E-state index in [0.29, 0.717) is 19.8 Å². The first-order valence-electron chi connectivity index (χ1n) is 10.6. The molecule has 0 unspecified atom stereocenters. The smallest absolute Gasteiger partial charge is 0.309 e. The quantitative estimate of drug-likeness (QED) is 0.763. The van der Waals surface area contributed by atoms with Crippen LogP contribution in [0.25, 0.3) is 10.8 Å². The van der Waals surface area contributed by atoms with Crippen LogP contribution in [-0.2, 0) is 14.3 Å². The number of morpholine rings is 1. The molecule has 1 saturated heterocycles. The Kier molecular flexibility index (Phi) is 6.42. The number of nitrogens with zero attached hydrogens (tertiary/aromatic N) is 1. The molecule has 4 rings (SSSR count). The third kappa shape index (κ3) is 4.77. The van der Waals surface area contributed by atoms with Gasteiger partial charge in [-0.25, -0.2) is 0 Å². The SMILES string of the molecule is O=C(NC[C@@H](c1cccc2ccccc12)N1CCOCC1)C(=O)NC1CCCC1. The molecule has 2 aromatic rings. The fourth-order valence-corrected chi connectivity index (χ4v) is 4.46. The molecule has 2 amide bonds. The van der Waals surface area contributed by atoms with Gasteiger partial charge in [-0.1, -0.05) is 55.3 Å². The molecule has 0 aromatic heterocycles. The van der Waals surface area contributed by atoms with Gasteiger partial charge in [0.1, 0.15) is 0 Å². The van der Waals surface area contributed by atoms with Crippen LogP contribution in [0.5, 0.6) is 0 Å². The van der Waals surface area contributed by atoms with Crippen molar-refractivity contribution in [1.82, 2.24) is 15.5 Å². The van der Waals surface area contributed by atoms with E-state index in [0.717, 1.165) is 38.8 Å². The topological polar surface area (TPSA) is 70.7 Å². The second kappa shape index (κ2) is 9.37. The largest absolute Gasteiger partial charge is 0.379 e. The van der Waals surface area contributed by atoms with Crippen LogP contribution in [0.4, 0.5) is 0 Å². The predicted octanol–water partition coefficient (Wildman–Crippen LogP) is 2.39. The summed E-state index contributed by atoms with van der Waals surface area (Å²) in [5.41, 5.74) is 1.17. The van der Waals surface area contributed by atoms with Crippen molar-refractivity contribution in [2.45, 2.75) is 37.8 Å². The number of benzene rings is 2. The Morgan fingerprint density at radius 1 is 1.00 bits per heavy atom. The molecule has 2 fully saturated rings. The molecular weight excluding hydrogens is 366 g/mol. The van der Waals surface area contributed by atoms with Gasteiger partial charge < -0.3 is 15.4 Å². The molecule has 2 N–H and O–H groups in total. The molecule has 1 aliphatic heterocycles. The zero-order valence-corrected chi connectivity index (χ0v) is 16.7.